The molecular weight excluding hydrogens is 320 g/mol. The maximum Gasteiger partial charge on any atom is 0.234 e. The van der Waals surface area contributed by atoms with Gasteiger partial charge >= 0.3 is 0 Å². The lowest BCUT2D eigenvalue weighted by molar-refractivity contribution is -0.646. The van der Waals surface area contributed by atoms with E-state index in [1.165, 1.54) is 89.9 Å². The lowest BCUT2D eigenvalue weighted by atomic mass is 9.93. The molecule has 0 fully saturated rings. The molecule has 1 aliphatic rings. The standard InChI is InChI=1S/C23H46N2O/c1-4-5-6-7-8-9-10-11-12-13-14-15-16-17-22(2)20-23(3,26)25-19-18-24-21-25/h21-22,26H,4-20H2,1-3H3/p+1. The molecule has 26 heavy (non-hydrogen) atoms. The quantitative estimate of drug-likeness (QED) is 0.250. The summed E-state index contributed by atoms with van der Waals surface area (Å²) in [6.45, 7) is 8.40. The van der Waals surface area contributed by atoms with Crippen LogP contribution in [0.3, 0.4) is 0 Å². The SMILES string of the molecule is CCCCCCCCCCCCCCCC(C)CC(C)(O)[N+]1=CNCC1. The van der Waals surface area contributed by atoms with E-state index in [1.807, 2.05) is 17.8 Å². The molecule has 2 unspecified atom stereocenters. The van der Waals surface area contributed by atoms with Crippen molar-refractivity contribution >= 4 is 6.34 Å². The normalized spacial score (nSPS) is 17.6. The molecule has 0 saturated heterocycles. The van der Waals surface area contributed by atoms with Crippen LogP contribution in [0.15, 0.2) is 0 Å². The summed E-state index contributed by atoms with van der Waals surface area (Å²) in [4.78, 5) is 0. The van der Waals surface area contributed by atoms with Gasteiger partial charge in [-0.25, -0.2) is 4.58 Å². The second-order valence-corrected chi connectivity index (χ2v) is 8.83. The summed E-state index contributed by atoms with van der Waals surface area (Å²) in [5.74, 6) is 0.590. The van der Waals surface area contributed by atoms with Crippen molar-refractivity contribution in [3.05, 3.63) is 0 Å². The summed E-state index contributed by atoms with van der Waals surface area (Å²) < 4.78 is 2.05. The monoisotopic (exact) mass is 367 g/mol. The summed E-state index contributed by atoms with van der Waals surface area (Å²) in [5, 5.41) is 13.8. The van der Waals surface area contributed by atoms with E-state index >= 15 is 0 Å². The predicted octanol–water partition coefficient (Wildman–Crippen LogP) is 5.85. The summed E-state index contributed by atoms with van der Waals surface area (Å²) in [6, 6.07) is 0. The molecule has 2 atom stereocenters. The highest BCUT2D eigenvalue weighted by Gasteiger charge is 2.32. The molecule has 0 aromatic heterocycles. The summed E-state index contributed by atoms with van der Waals surface area (Å²) in [7, 11) is 0. The van der Waals surface area contributed by atoms with Gasteiger partial charge in [0.25, 0.3) is 0 Å². The van der Waals surface area contributed by atoms with Gasteiger partial charge in [0.15, 0.2) is 0 Å². The van der Waals surface area contributed by atoms with Gasteiger partial charge in [-0.05, 0) is 5.92 Å². The van der Waals surface area contributed by atoms with Crippen molar-refractivity contribution in [2.24, 2.45) is 5.92 Å². The van der Waals surface area contributed by atoms with Crippen molar-refractivity contribution in [2.75, 3.05) is 13.1 Å². The van der Waals surface area contributed by atoms with Crippen molar-refractivity contribution in [1.82, 2.24) is 5.32 Å². The van der Waals surface area contributed by atoms with Gasteiger partial charge in [0.1, 0.15) is 13.1 Å². The molecule has 1 rings (SSSR count). The number of hydrogen-bond acceptors (Lipinski definition) is 2. The van der Waals surface area contributed by atoms with Gasteiger partial charge in [0, 0.05) is 13.3 Å². The fourth-order valence-electron chi connectivity index (χ4n) is 4.19. The van der Waals surface area contributed by atoms with Gasteiger partial charge in [-0.2, -0.15) is 0 Å². The zero-order valence-corrected chi connectivity index (χ0v) is 18.1. The number of rotatable bonds is 17. The minimum Gasteiger partial charge on any atom is -0.353 e. The maximum absolute atomic E-state index is 10.6. The van der Waals surface area contributed by atoms with E-state index in [1.54, 1.807) is 0 Å². The Kier molecular flexibility index (Phi) is 13.1. The van der Waals surface area contributed by atoms with Crippen molar-refractivity contribution < 1.29 is 9.68 Å². The van der Waals surface area contributed by atoms with Crippen LogP contribution in [0, 0.1) is 5.92 Å². The molecule has 0 aromatic rings. The van der Waals surface area contributed by atoms with Gasteiger partial charge in [-0.3, -0.25) is 5.32 Å². The molecule has 0 aliphatic carbocycles. The predicted molar refractivity (Wildman–Crippen MR) is 114 cm³/mol. The van der Waals surface area contributed by atoms with Gasteiger partial charge in [0.2, 0.25) is 12.1 Å². The topological polar surface area (TPSA) is 35.3 Å². The molecular formula is C23H47N2O+. The van der Waals surface area contributed by atoms with E-state index in [4.69, 9.17) is 0 Å². The second-order valence-electron chi connectivity index (χ2n) is 8.83. The molecule has 0 spiro atoms. The molecule has 0 bridgehead atoms. The molecule has 3 nitrogen and oxygen atoms in total. The lowest BCUT2D eigenvalue weighted by Crippen LogP contribution is -2.40. The Bertz CT molecular complexity index is 365. The van der Waals surface area contributed by atoms with Crippen molar-refractivity contribution in [1.29, 1.82) is 0 Å². The highest BCUT2D eigenvalue weighted by atomic mass is 16.3. The largest absolute Gasteiger partial charge is 0.353 e. The first-order valence-electron chi connectivity index (χ1n) is 11.6. The minimum absolute atomic E-state index is 0.590. The van der Waals surface area contributed by atoms with Crippen LogP contribution >= 0.6 is 0 Å². The Morgan fingerprint density at radius 2 is 1.42 bits per heavy atom. The number of unbranched alkanes of at least 4 members (excludes halogenated alkanes) is 12. The van der Waals surface area contributed by atoms with Crippen LogP contribution in [0.2, 0.25) is 0 Å². The Hall–Kier alpha value is -0.570. The molecule has 0 aromatic carbocycles. The first kappa shape index (κ1) is 23.5. The van der Waals surface area contributed by atoms with E-state index in [2.05, 4.69) is 19.2 Å². The molecule has 1 aliphatic heterocycles. The zero-order chi connectivity index (χ0) is 19.1. The van der Waals surface area contributed by atoms with Gasteiger partial charge in [-0.15, -0.1) is 0 Å². The highest BCUT2D eigenvalue weighted by Crippen LogP contribution is 2.23. The van der Waals surface area contributed by atoms with Gasteiger partial charge in [0.05, 0.1) is 0 Å². The van der Waals surface area contributed by atoms with Crippen LogP contribution in [0.4, 0.5) is 0 Å². The van der Waals surface area contributed by atoms with Crippen molar-refractivity contribution in [3.63, 3.8) is 0 Å². The number of nitrogens with zero attached hydrogens (tertiary/aromatic N) is 1. The Labute approximate surface area is 163 Å². The smallest absolute Gasteiger partial charge is 0.234 e. The second kappa shape index (κ2) is 14.5. The van der Waals surface area contributed by atoms with E-state index in [0.29, 0.717) is 5.92 Å². The fraction of sp³-hybridized carbons (Fsp3) is 0.957. The average molecular weight is 368 g/mol. The van der Waals surface area contributed by atoms with Crippen molar-refractivity contribution in [2.45, 2.75) is 123 Å². The number of hydrogen-bond donors (Lipinski definition) is 2. The first-order valence-corrected chi connectivity index (χ1v) is 11.6. The Balaban J connectivity index is 1.88. The van der Waals surface area contributed by atoms with E-state index in [9.17, 15) is 5.11 Å². The zero-order valence-electron chi connectivity index (χ0n) is 18.1. The average Bonchev–Trinajstić information content (AvgIpc) is 3.14. The number of nitrogens with one attached hydrogen (secondary N) is 1. The van der Waals surface area contributed by atoms with Crippen LogP contribution in [-0.2, 0) is 0 Å². The van der Waals surface area contributed by atoms with E-state index in [0.717, 1.165) is 19.5 Å². The fourth-order valence-corrected chi connectivity index (χ4v) is 4.19. The third kappa shape index (κ3) is 11.2. The van der Waals surface area contributed by atoms with E-state index in [-0.39, 0.29) is 0 Å². The molecule has 0 radical (unpaired) electrons. The van der Waals surface area contributed by atoms with Crippen LogP contribution in [0.25, 0.3) is 0 Å². The molecule has 2 N–H and O–H groups in total. The molecule has 0 amide bonds. The van der Waals surface area contributed by atoms with Crippen LogP contribution in [0.5, 0.6) is 0 Å². The first-order chi connectivity index (χ1) is 12.6. The molecule has 0 saturated carbocycles. The molecule has 154 valence electrons. The van der Waals surface area contributed by atoms with Crippen LogP contribution < -0.4 is 5.32 Å². The molecule has 1 heterocycles. The minimum atomic E-state index is -0.695. The van der Waals surface area contributed by atoms with Crippen molar-refractivity contribution in [3.8, 4) is 0 Å². The number of aliphatic hydroxyl groups is 1. The summed E-state index contributed by atoms with van der Waals surface area (Å²) in [5.41, 5.74) is -0.695. The Morgan fingerprint density at radius 1 is 0.923 bits per heavy atom. The summed E-state index contributed by atoms with van der Waals surface area (Å²) in [6.07, 6.45) is 22.4. The third-order valence-corrected chi connectivity index (χ3v) is 5.90. The molecule has 3 heteroatoms. The summed E-state index contributed by atoms with van der Waals surface area (Å²) >= 11 is 0. The van der Waals surface area contributed by atoms with Gasteiger partial charge < -0.3 is 5.11 Å². The Morgan fingerprint density at radius 3 is 1.88 bits per heavy atom. The van der Waals surface area contributed by atoms with Crippen LogP contribution in [-0.4, -0.2) is 34.8 Å². The maximum atomic E-state index is 10.6. The van der Waals surface area contributed by atoms with Crippen LogP contribution in [0.1, 0.15) is 117 Å². The van der Waals surface area contributed by atoms with E-state index < -0.39 is 5.72 Å². The highest BCUT2D eigenvalue weighted by molar-refractivity contribution is 5.49. The lowest BCUT2D eigenvalue weighted by Gasteiger charge is -2.25. The third-order valence-electron chi connectivity index (χ3n) is 5.90. The van der Waals surface area contributed by atoms with Gasteiger partial charge in [-0.1, -0.05) is 104 Å².